The van der Waals surface area contributed by atoms with Crippen LogP contribution in [0.15, 0.2) is 24.5 Å². The summed E-state index contributed by atoms with van der Waals surface area (Å²) in [6, 6.07) is 3.60. The Kier molecular flexibility index (Phi) is 3.47. The van der Waals surface area contributed by atoms with Crippen LogP contribution >= 0.6 is 0 Å². The average Bonchev–Trinajstić information content (AvgIpc) is 3.08. The van der Waals surface area contributed by atoms with Crippen LogP contribution in [0, 0.1) is 11.3 Å². The maximum absolute atomic E-state index is 14.1. The summed E-state index contributed by atoms with van der Waals surface area (Å²) in [6.45, 7) is 1.60. The first-order chi connectivity index (χ1) is 11.5. The van der Waals surface area contributed by atoms with Crippen LogP contribution in [0.1, 0.15) is 19.3 Å². The van der Waals surface area contributed by atoms with E-state index in [4.69, 9.17) is 4.74 Å². The van der Waals surface area contributed by atoms with Gasteiger partial charge in [0, 0.05) is 31.7 Å². The molecule has 3 fully saturated rings. The first-order valence-corrected chi connectivity index (χ1v) is 8.33. The number of rotatable bonds is 4. The van der Waals surface area contributed by atoms with E-state index in [0.29, 0.717) is 44.7 Å². The van der Waals surface area contributed by atoms with Crippen molar-refractivity contribution in [3.63, 3.8) is 0 Å². The van der Waals surface area contributed by atoms with Crippen molar-refractivity contribution in [1.29, 1.82) is 0 Å². The molecule has 1 aliphatic carbocycles. The summed E-state index contributed by atoms with van der Waals surface area (Å²) in [6.07, 6.45) is 4.45. The van der Waals surface area contributed by atoms with E-state index in [-0.39, 0.29) is 18.4 Å². The fraction of sp³-hybridized carbons (Fsp3) is 0.588. The smallest absolute Gasteiger partial charge is 0.260 e. The molecule has 0 bridgehead atoms. The summed E-state index contributed by atoms with van der Waals surface area (Å²) < 4.78 is 19.8. The standard InChI is InChI=1S/C17H20FN3O3/c18-17(3-4-17)15(23)21-7-5-16(11-21)12(8-20-14(16)22)10-24-13-2-1-6-19-9-13/h1-2,6,9,12H,3-5,7-8,10-11H2,(H,20,22)/t12-,16-/m1/s1. The zero-order chi connectivity index (χ0) is 16.8. The van der Waals surface area contributed by atoms with Gasteiger partial charge in [-0.2, -0.15) is 0 Å². The molecule has 3 aliphatic rings. The van der Waals surface area contributed by atoms with Gasteiger partial charge in [0.05, 0.1) is 18.2 Å². The lowest BCUT2D eigenvalue weighted by Crippen LogP contribution is -2.43. The molecule has 1 aromatic heterocycles. The summed E-state index contributed by atoms with van der Waals surface area (Å²) >= 11 is 0. The van der Waals surface area contributed by atoms with Gasteiger partial charge in [-0.3, -0.25) is 14.6 Å². The van der Waals surface area contributed by atoms with Crippen molar-refractivity contribution >= 4 is 11.8 Å². The third-order valence-corrected chi connectivity index (χ3v) is 5.49. The Morgan fingerprint density at radius 2 is 2.29 bits per heavy atom. The van der Waals surface area contributed by atoms with Crippen molar-refractivity contribution in [3.8, 4) is 5.75 Å². The number of halogens is 1. The number of amides is 2. The lowest BCUT2D eigenvalue weighted by Gasteiger charge is -2.28. The van der Waals surface area contributed by atoms with Gasteiger partial charge in [-0.1, -0.05) is 0 Å². The molecule has 1 spiro atoms. The molecule has 0 radical (unpaired) electrons. The van der Waals surface area contributed by atoms with Gasteiger partial charge in [0.1, 0.15) is 5.75 Å². The van der Waals surface area contributed by atoms with Crippen LogP contribution in [0.2, 0.25) is 0 Å². The van der Waals surface area contributed by atoms with E-state index >= 15 is 0 Å². The Balaban J connectivity index is 1.46. The van der Waals surface area contributed by atoms with Crippen LogP contribution in [0.4, 0.5) is 4.39 Å². The van der Waals surface area contributed by atoms with Gasteiger partial charge in [0.25, 0.3) is 5.91 Å². The number of hydrogen-bond donors (Lipinski definition) is 1. The minimum absolute atomic E-state index is 0.0437. The fourth-order valence-corrected chi connectivity index (χ4v) is 3.75. The first-order valence-electron chi connectivity index (χ1n) is 8.33. The topological polar surface area (TPSA) is 71.5 Å². The third kappa shape index (κ3) is 2.42. The SMILES string of the molecule is O=C(N1CC[C@]2(C1)C(=O)NC[C@@H]2COc1cccnc1)C1(F)CC1. The van der Waals surface area contributed by atoms with Crippen molar-refractivity contribution in [2.45, 2.75) is 24.9 Å². The summed E-state index contributed by atoms with van der Waals surface area (Å²) in [5.41, 5.74) is -2.34. The minimum atomic E-state index is -1.68. The molecule has 1 saturated carbocycles. The second-order valence-electron chi connectivity index (χ2n) is 7.00. The van der Waals surface area contributed by atoms with Crippen LogP contribution in [0.5, 0.6) is 5.75 Å². The predicted octanol–water partition coefficient (Wildman–Crippen LogP) is 0.927. The number of nitrogens with zero attached hydrogens (tertiary/aromatic N) is 2. The molecule has 6 nitrogen and oxygen atoms in total. The molecule has 7 heteroatoms. The van der Waals surface area contributed by atoms with E-state index in [2.05, 4.69) is 10.3 Å². The van der Waals surface area contributed by atoms with Gasteiger partial charge in [0.15, 0.2) is 5.67 Å². The summed E-state index contributed by atoms with van der Waals surface area (Å²) in [4.78, 5) is 30.2. The number of ether oxygens (including phenoxy) is 1. The molecule has 4 rings (SSSR count). The Morgan fingerprint density at radius 3 is 3.00 bits per heavy atom. The third-order valence-electron chi connectivity index (χ3n) is 5.49. The van der Waals surface area contributed by atoms with Gasteiger partial charge in [-0.15, -0.1) is 0 Å². The van der Waals surface area contributed by atoms with Crippen LogP contribution in [0.25, 0.3) is 0 Å². The molecule has 1 aromatic rings. The lowest BCUT2D eigenvalue weighted by atomic mass is 9.77. The Labute approximate surface area is 139 Å². The van der Waals surface area contributed by atoms with Crippen molar-refractivity contribution in [2.75, 3.05) is 26.2 Å². The molecule has 3 heterocycles. The lowest BCUT2D eigenvalue weighted by molar-refractivity contribution is -0.138. The van der Waals surface area contributed by atoms with Crippen LogP contribution in [0.3, 0.4) is 0 Å². The highest BCUT2D eigenvalue weighted by atomic mass is 19.1. The molecular weight excluding hydrogens is 313 g/mol. The van der Waals surface area contributed by atoms with Crippen molar-refractivity contribution in [1.82, 2.24) is 15.2 Å². The number of alkyl halides is 1. The van der Waals surface area contributed by atoms with Crippen LogP contribution < -0.4 is 10.1 Å². The van der Waals surface area contributed by atoms with E-state index in [1.165, 1.54) is 4.90 Å². The number of pyridine rings is 1. The van der Waals surface area contributed by atoms with E-state index in [1.54, 1.807) is 18.5 Å². The molecule has 2 atom stereocenters. The van der Waals surface area contributed by atoms with Gasteiger partial charge in [-0.05, 0) is 31.4 Å². The minimum Gasteiger partial charge on any atom is -0.492 e. The quantitative estimate of drug-likeness (QED) is 0.890. The highest BCUT2D eigenvalue weighted by Gasteiger charge is 2.59. The molecular formula is C17H20FN3O3. The second-order valence-corrected chi connectivity index (χ2v) is 7.00. The van der Waals surface area contributed by atoms with E-state index in [9.17, 15) is 14.0 Å². The summed E-state index contributed by atoms with van der Waals surface area (Å²) in [5, 5.41) is 2.89. The first kappa shape index (κ1) is 15.4. The fourth-order valence-electron chi connectivity index (χ4n) is 3.75. The number of hydrogen-bond acceptors (Lipinski definition) is 4. The van der Waals surface area contributed by atoms with Gasteiger partial charge in [-0.25, -0.2) is 4.39 Å². The molecule has 0 unspecified atom stereocenters. The zero-order valence-corrected chi connectivity index (χ0v) is 13.3. The second kappa shape index (κ2) is 5.43. The average molecular weight is 333 g/mol. The Bertz CT molecular complexity index is 664. The van der Waals surface area contributed by atoms with Crippen LogP contribution in [-0.4, -0.2) is 53.6 Å². The maximum Gasteiger partial charge on any atom is 0.260 e. The zero-order valence-electron chi connectivity index (χ0n) is 13.3. The van der Waals surface area contributed by atoms with Crippen LogP contribution in [-0.2, 0) is 9.59 Å². The molecule has 0 aromatic carbocycles. The number of carbonyl (C=O) groups excluding carboxylic acids is 2. The molecule has 2 saturated heterocycles. The maximum atomic E-state index is 14.1. The highest BCUT2D eigenvalue weighted by molar-refractivity contribution is 5.91. The van der Waals surface area contributed by atoms with Crippen molar-refractivity contribution < 1.29 is 18.7 Å². The Morgan fingerprint density at radius 1 is 1.46 bits per heavy atom. The van der Waals surface area contributed by atoms with E-state index < -0.39 is 17.0 Å². The number of likely N-dealkylation sites (tertiary alicyclic amines) is 1. The monoisotopic (exact) mass is 333 g/mol. The number of carbonyl (C=O) groups is 2. The molecule has 2 aliphatic heterocycles. The van der Waals surface area contributed by atoms with Crippen molar-refractivity contribution in [2.24, 2.45) is 11.3 Å². The van der Waals surface area contributed by atoms with Crippen molar-refractivity contribution in [3.05, 3.63) is 24.5 Å². The molecule has 128 valence electrons. The predicted molar refractivity (Wildman–Crippen MR) is 82.9 cm³/mol. The Hall–Kier alpha value is -2.18. The number of nitrogens with one attached hydrogen (secondary N) is 1. The van der Waals surface area contributed by atoms with Gasteiger partial charge < -0.3 is 15.0 Å². The molecule has 1 N–H and O–H groups in total. The van der Waals surface area contributed by atoms with Gasteiger partial charge in [0.2, 0.25) is 5.91 Å². The normalized spacial score (nSPS) is 30.5. The van der Waals surface area contributed by atoms with E-state index in [1.807, 2.05) is 6.07 Å². The highest BCUT2D eigenvalue weighted by Crippen LogP contribution is 2.46. The molecule has 24 heavy (non-hydrogen) atoms. The summed E-state index contributed by atoms with van der Waals surface area (Å²) in [5.74, 6) is 0.101. The number of aromatic nitrogens is 1. The van der Waals surface area contributed by atoms with Gasteiger partial charge >= 0.3 is 0 Å². The largest absolute Gasteiger partial charge is 0.492 e. The van der Waals surface area contributed by atoms with E-state index in [0.717, 1.165) is 0 Å². The molecule has 2 amide bonds. The summed E-state index contributed by atoms with van der Waals surface area (Å²) in [7, 11) is 0.